The Morgan fingerprint density at radius 3 is 2.90 bits per heavy atom. The topological polar surface area (TPSA) is 24.9 Å². The number of aryl methyl sites for hydroxylation is 1. The van der Waals surface area contributed by atoms with Crippen LogP contribution in [0.2, 0.25) is 0 Å². The smallest absolute Gasteiger partial charge is 0.0329 e. The lowest BCUT2D eigenvalue weighted by Gasteiger charge is -2.34. The van der Waals surface area contributed by atoms with Gasteiger partial charge in [0, 0.05) is 18.4 Å². The lowest BCUT2D eigenvalue weighted by Crippen LogP contribution is -2.28. The van der Waals surface area contributed by atoms with Gasteiger partial charge in [-0.05, 0) is 67.0 Å². The molecule has 3 rings (SSSR count). The largest absolute Gasteiger partial charge is 0.310 e. The Hall–Kier alpha value is -1.67. The zero-order chi connectivity index (χ0) is 14.7. The van der Waals surface area contributed by atoms with Gasteiger partial charge in [0.2, 0.25) is 0 Å². The van der Waals surface area contributed by atoms with Crippen molar-refractivity contribution in [2.24, 2.45) is 0 Å². The van der Waals surface area contributed by atoms with Crippen LogP contribution in [-0.4, -0.2) is 11.5 Å². The molecular weight excluding hydrogens is 256 g/mol. The van der Waals surface area contributed by atoms with Gasteiger partial charge in [-0.25, -0.2) is 0 Å². The molecule has 2 unspecified atom stereocenters. The molecule has 1 N–H and O–H groups in total. The molecule has 0 saturated heterocycles. The third kappa shape index (κ3) is 3.01. The fourth-order valence-corrected chi connectivity index (χ4v) is 3.37. The molecule has 21 heavy (non-hydrogen) atoms. The summed E-state index contributed by atoms with van der Waals surface area (Å²) in [6.45, 7) is 5.46. The summed E-state index contributed by atoms with van der Waals surface area (Å²) in [5.74, 6) is 0.697. The van der Waals surface area contributed by atoms with E-state index in [1.807, 2.05) is 12.4 Å². The van der Waals surface area contributed by atoms with Crippen LogP contribution in [0.1, 0.15) is 54.0 Å². The van der Waals surface area contributed by atoms with Crippen LogP contribution in [0.4, 0.5) is 0 Å². The maximum absolute atomic E-state index is 4.23. The SMILES string of the molecule is CCCNC(CC1Cc2ccccc21)c1ccncc1C. The van der Waals surface area contributed by atoms with Crippen molar-refractivity contribution in [3.63, 3.8) is 0 Å². The molecule has 1 aliphatic rings. The van der Waals surface area contributed by atoms with Crippen LogP contribution in [0.15, 0.2) is 42.7 Å². The Balaban J connectivity index is 1.77. The molecule has 1 aromatic heterocycles. The number of hydrogen-bond acceptors (Lipinski definition) is 2. The number of rotatable bonds is 6. The lowest BCUT2D eigenvalue weighted by atomic mass is 9.73. The van der Waals surface area contributed by atoms with Crippen LogP contribution in [0.3, 0.4) is 0 Å². The van der Waals surface area contributed by atoms with Gasteiger partial charge in [0.1, 0.15) is 0 Å². The Morgan fingerprint density at radius 1 is 1.29 bits per heavy atom. The molecule has 2 nitrogen and oxygen atoms in total. The standard InChI is InChI=1S/C19H24N2/c1-3-9-21-19(17-8-10-20-13-14(17)2)12-16-11-15-6-4-5-7-18(15)16/h4-8,10,13,16,19,21H,3,9,11-12H2,1-2H3. The molecule has 0 amide bonds. The highest BCUT2D eigenvalue weighted by atomic mass is 14.9. The van der Waals surface area contributed by atoms with Crippen molar-refractivity contribution in [1.29, 1.82) is 0 Å². The van der Waals surface area contributed by atoms with E-state index in [9.17, 15) is 0 Å². The maximum Gasteiger partial charge on any atom is 0.0329 e. The average Bonchev–Trinajstić information content (AvgIpc) is 2.49. The van der Waals surface area contributed by atoms with Gasteiger partial charge in [-0.1, -0.05) is 31.2 Å². The van der Waals surface area contributed by atoms with Gasteiger partial charge in [-0.2, -0.15) is 0 Å². The van der Waals surface area contributed by atoms with E-state index in [1.54, 1.807) is 5.56 Å². The van der Waals surface area contributed by atoms with Gasteiger partial charge >= 0.3 is 0 Å². The van der Waals surface area contributed by atoms with Crippen molar-refractivity contribution in [3.8, 4) is 0 Å². The summed E-state index contributed by atoms with van der Waals surface area (Å²) in [5, 5.41) is 3.73. The normalized spacial score (nSPS) is 17.9. The minimum Gasteiger partial charge on any atom is -0.310 e. The number of hydrogen-bond donors (Lipinski definition) is 1. The van der Waals surface area contributed by atoms with E-state index in [2.05, 4.69) is 54.5 Å². The van der Waals surface area contributed by atoms with E-state index >= 15 is 0 Å². The predicted molar refractivity (Wildman–Crippen MR) is 87.5 cm³/mol. The van der Waals surface area contributed by atoms with Gasteiger partial charge in [-0.15, -0.1) is 0 Å². The third-order valence-corrected chi connectivity index (χ3v) is 4.56. The summed E-state index contributed by atoms with van der Waals surface area (Å²) in [5.41, 5.74) is 5.78. The number of aromatic nitrogens is 1. The van der Waals surface area contributed by atoms with E-state index in [0.29, 0.717) is 12.0 Å². The summed E-state index contributed by atoms with van der Waals surface area (Å²) in [6, 6.07) is 11.5. The first-order valence-corrected chi connectivity index (χ1v) is 8.01. The first-order valence-electron chi connectivity index (χ1n) is 8.01. The van der Waals surface area contributed by atoms with Crippen LogP contribution in [-0.2, 0) is 6.42 Å². The Morgan fingerprint density at radius 2 is 2.14 bits per heavy atom. The highest BCUT2D eigenvalue weighted by Crippen LogP contribution is 2.41. The summed E-state index contributed by atoms with van der Waals surface area (Å²) in [4.78, 5) is 4.23. The zero-order valence-corrected chi connectivity index (χ0v) is 13.0. The molecule has 1 aliphatic carbocycles. The second kappa shape index (κ2) is 6.40. The number of fused-ring (bicyclic) bond motifs is 1. The van der Waals surface area contributed by atoms with Crippen LogP contribution in [0.5, 0.6) is 0 Å². The molecule has 2 heteroatoms. The Kier molecular flexibility index (Phi) is 4.35. The Bertz CT molecular complexity index is 606. The second-order valence-corrected chi connectivity index (χ2v) is 6.07. The summed E-state index contributed by atoms with van der Waals surface area (Å²) >= 11 is 0. The van der Waals surface area contributed by atoms with Crippen LogP contribution in [0.25, 0.3) is 0 Å². The molecule has 0 fully saturated rings. The molecule has 0 spiro atoms. The first kappa shape index (κ1) is 14.3. The van der Waals surface area contributed by atoms with Gasteiger partial charge in [0.25, 0.3) is 0 Å². The van der Waals surface area contributed by atoms with E-state index in [1.165, 1.54) is 36.0 Å². The van der Waals surface area contributed by atoms with Crippen molar-refractivity contribution >= 4 is 0 Å². The van der Waals surface area contributed by atoms with Crippen molar-refractivity contribution in [3.05, 3.63) is 65.0 Å². The molecule has 110 valence electrons. The van der Waals surface area contributed by atoms with E-state index in [4.69, 9.17) is 0 Å². The monoisotopic (exact) mass is 280 g/mol. The van der Waals surface area contributed by atoms with Crippen LogP contribution in [0, 0.1) is 6.92 Å². The molecule has 0 saturated carbocycles. The van der Waals surface area contributed by atoms with Crippen LogP contribution < -0.4 is 5.32 Å². The maximum atomic E-state index is 4.23. The van der Waals surface area contributed by atoms with Crippen LogP contribution >= 0.6 is 0 Å². The number of benzene rings is 1. The molecule has 1 heterocycles. The van der Waals surface area contributed by atoms with E-state index in [-0.39, 0.29) is 0 Å². The predicted octanol–water partition coefficient (Wildman–Crippen LogP) is 4.16. The van der Waals surface area contributed by atoms with Gasteiger partial charge in [0.15, 0.2) is 0 Å². The summed E-state index contributed by atoms with van der Waals surface area (Å²) in [6.07, 6.45) is 7.47. The van der Waals surface area contributed by atoms with Crippen molar-refractivity contribution in [1.82, 2.24) is 10.3 Å². The Labute approximate surface area is 127 Å². The fourth-order valence-electron chi connectivity index (χ4n) is 3.37. The molecule has 1 aromatic carbocycles. The van der Waals surface area contributed by atoms with Crippen molar-refractivity contribution in [2.45, 2.75) is 45.1 Å². The molecular formula is C19H24N2. The lowest BCUT2D eigenvalue weighted by molar-refractivity contribution is 0.427. The molecule has 2 aromatic rings. The average molecular weight is 280 g/mol. The van der Waals surface area contributed by atoms with Gasteiger partial charge in [0.05, 0.1) is 0 Å². The highest BCUT2D eigenvalue weighted by Gasteiger charge is 2.28. The first-order chi connectivity index (χ1) is 10.3. The minimum absolute atomic E-state index is 0.436. The highest BCUT2D eigenvalue weighted by molar-refractivity contribution is 5.40. The molecule has 2 atom stereocenters. The molecule has 0 aliphatic heterocycles. The quantitative estimate of drug-likeness (QED) is 0.859. The minimum atomic E-state index is 0.436. The molecule has 0 bridgehead atoms. The summed E-state index contributed by atoms with van der Waals surface area (Å²) in [7, 11) is 0. The van der Waals surface area contributed by atoms with E-state index < -0.39 is 0 Å². The number of nitrogens with one attached hydrogen (secondary N) is 1. The summed E-state index contributed by atoms with van der Waals surface area (Å²) < 4.78 is 0. The number of nitrogens with zero attached hydrogens (tertiary/aromatic N) is 1. The van der Waals surface area contributed by atoms with Crippen molar-refractivity contribution < 1.29 is 0 Å². The van der Waals surface area contributed by atoms with Gasteiger partial charge in [-0.3, -0.25) is 4.98 Å². The zero-order valence-electron chi connectivity index (χ0n) is 13.0. The van der Waals surface area contributed by atoms with E-state index in [0.717, 1.165) is 6.54 Å². The fraction of sp³-hybridized carbons (Fsp3) is 0.421. The van der Waals surface area contributed by atoms with Gasteiger partial charge < -0.3 is 5.32 Å². The number of pyridine rings is 1. The molecule has 0 radical (unpaired) electrons. The van der Waals surface area contributed by atoms with Crippen molar-refractivity contribution in [2.75, 3.05) is 6.54 Å². The third-order valence-electron chi connectivity index (χ3n) is 4.56. The second-order valence-electron chi connectivity index (χ2n) is 6.07.